The van der Waals surface area contributed by atoms with Gasteiger partial charge in [-0.15, -0.1) is 0 Å². The van der Waals surface area contributed by atoms with E-state index in [9.17, 15) is 12.8 Å². The van der Waals surface area contributed by atoms with E-state index in [0.717, 1.165) is 0 Å². The number of benzene rings is 2. The summed E-state index contributed by atoms with van der Waals surface area (Å²) in [7, 11) is -3.89. The van der Waals surface area contributed by atoms with Crippen LogP contribution in [0.25, 0.3) is 11.1 Å². The molecule has 1 heterocycles. The van der Waals surface area contributed by atoms with Gasteiger partial charge < -0.3 is 4.18 Å². The van der Waals surface area contributed by atoms with Gasteiger partial charge in [-0.3, -0.25) is 0 Å². The fraction of sp³-hybridized carbons (Fsp3) is 0.0714. The summed E-state index contributed by atoms with van der Waals surface area (Å²) in [5, 5.41) is 8.92. The van der Waals surface area contributed by atoms with Crippen molar-refractivity contribution in [2.75, 3.05) is 0 Å². The van der Waals surface area contributed by atoms with Crippen molar-refractivity contribution in [3.8, 4) is 22.9 Å². The van der Waals surface area contributed by atoms with Gasteiger partial charge >= 0.3 is 10.3 Å². The minimum absolute atomic E-state index is 0.0413. The van der Waals surface area contributed by atoms with Gasteiger partial charge in [-0.1, -0.05) is 12.1 Å². The molecule has 106 valence electrons. The van der Waals surface area contributed by atoms with E-state index in [1.54, 1.807) is 24.3 Å². The highest BCUT2D eigenvalue weighted by atomic mass is 32.2. The van der Waals surface area contributed by atoms with E-state index in [0.29, 0.717) is 22.3 Å². The van der Waals surface area contributed by atoms with Crippen molar-refractivity contribution in [2.24, 2.45) is 0 Å². The molecule has 0 amide bonds. The number of halogens is 1. The first-order valence-electron chi connectivity index (χ1n) is 6.00. The third-order valence-electron chi connectivity index (χ3n) is 3.07. The average molecular weight is 304 g/mol. The lowest BCUT2D eigenvalue weighted by atomic mass is 9.99. The molecule has 0 radical (unpaired) electrons. The van der Waals surface area contributed by atoms with Gasteiger partial charge in [0.1, 0.15) is 5.82 Å². The van der Waals surface area contributed by atoms with Crippen molar-refractivity contribution >= 4 is 10.3 Å². The molecule has 0 unspecified atom stereocenters. The number of hydrogen-bond donors (Lipinski definition) is 1. The SMILES string of the molecule is N#Cc1cccc(-c2cc(F)cc3c2OS(=O)(=O)NC3)c1. The van der Waals surface area contributed by atoms with Crippen LogP contribution in [0.5, 0.6) is 5.75 Å². The second kappa shape index (κ2) is 4.84. The highest BCUT2D eigenvalue weighted by Crippen LogP contribution is 2.37. The van der Waals surface area contributed by atoms with E-state index in [2.05, 4.69) is 4.72 Å². The molecule has 2 aromatic carbocycles. The molecule has 7 heteroatoms. The number of nitrogens with one attached hydrogen (secondary N) is 1. The third kappa shape index (κ3) is 2.59. The topological polar surface area (TPSA) is 79.2 Å². The van der Waals surface area contributed by atoms with Crippen LogP contribution in [0.1, 0.15) is 11.1 Å². The summed E-state index contributed by atoms with van der Waals surface area (Å²) in [6, 6.07) is 10.8. The van der Waals surface area contributed by atoms with E-state index in [1.165, 1.54) is 12.1 Å². The highest BCUT2D eigenvalue weighted by molar-refractivity contribution is 7.85. The van der Waals surface area contributed by atoms with Crippen LogP contribution in [0, 0.1) is 17.1 Å². The molecule has 0 aromatic heterocycles. The van der Waals surface area contributed by atoms with Gasteiger partial charge in [0.25, 0.3) is 0 Å². The van der Waals surface area contributed by atoms with Crippen molar-refractivity contribution in [2.45, 2.75) is 6.54 Å². The summed E-state index contributed by atoms with van der Waals surface area (Å²) < 4.78 is 43.9. The van der Waals surface area contributed by atoms with Gasteiger partial charge in [0, 0.05) is 17.7 Å². The van der Waals surface area contributed by atoms with Crippen molar-refractivity contribution in [1.82, 2.24) is 4.72 Å². The molecule has 0 fully saturated rings. The summed E-state index contributed by atoms with van der Waals surface area (Å²) in [6.07, 6.45) is 0. The van der Waals surface area contributed by atoms with Crippen LogP contribution in [-0.2, 0) is 16.8 Å². The van der Waals surface area contributed by atoms with E-state index in [-0.39, 0.29) is 12.3 Å². The molecular formula is C14H9FN2O3S. The molecule has 5 nitrogen and oxygen atoms in total. The van der Waals surface area contributed by atoms with Crippen LogP contribution in [0.3, 0.4) is 0 Å². The molecular weight excluding hydrogens is 295 g/mol. The largest absolute Gasteiger partial charge is 0.382 e. The first kappa shape index (κ1) is 13.5. The van der Waals surface area contributed by atoms with Crippen LogP contribution in [0.2, 0.25) is 0 Å². The summed E-state index contributed by atoms with van der Waals surface area (Å²) >= 11 is 0. The Hall–Kier alpha value is -2.43. The monoisotopic (exact) mass is 304 g/mol. The maximum absolute atomic E-state index is 13.7. The molecule has 0 saturated carbocycles. The molecule has 1 aliphatic rings. The van der Waals surface area contributed by atoms with E-state index in [1.807, 2.05) is 6.07 Å². The molecule has 0 atom stereocenters. The molecule has 1 aliphatic heterocycles. The zero-order chi connectivity index (χ0) is 15.0. The maximum atomic E-state index is 13.7. The predicted molar refractivity (Wildman–Crippen MR) is 72.9 cm³/mol. The van der Waals surface area contributed by atoms with Crippen molar-refractivity contribution in [3.63, 3.8) is 0 Å². The zero-order valence-electron chi connectivity index (χ0n) is 10.6. The fourth-order valence-corrected chi connectivity index (χ4v) is 2.96. The number of nitriles is 1. The van der Waals surface area contributed by atoms with Crippen LogP contribution in [0.4, 0.5) is 4.39 Å². The predicted octanol–water partition coefficient (Wildman–Crippen LogP) is 2.09. The van der Waals surface area contributed by atoms with E-state index in [4.69, 9.17) is 9.44 Å². The Morgan fingerprint density at radius 1 is 1.29 bits per heavy atom. The molecule has 0 bridgehead atoms. The zero-order valence-corrected chi connectivity index (χ0v) is 11.4. The Kier molecular flexibility index (Phi) is 3.12. The van der Waals surface area contributed by atoms with Gasteiger partial charge in [0.05, 0.1) is 11.6 Å². The first-order valence-corrected chi connectivity index (χ1v) is 7.41. The van der Waals surface area contributed by atoms with Crippen molar-refractivity contribution < 1.29 is 17.0 Å². The van der Waals surface area contributed by atoms with E-state index < -0.39 is 16.1 Å². The molecule has 0 spiro atoms. The summed E-state index contributed by atoms with van der Waals surface area (Å²) in [6.45, 7) is -0.0413. The van der Waals surface area contributed by atoms with Crippen LogP contribution >= 0.6 is 0 Å². The normalized spacial score (nSPS) is 15.6. The second-order valence-corrected chi connectivity index (χ2v) is 5.86. The fourth-order valence-electron chi connectivity index (χ4n) is 2.16. The number of fused-ring (bicyclic) bond motifs is 1. The van der Waals surface area contributed by atoms with Gasteiger partial charge in [0.15, 0.2) is 5.75 Å². The Morgan fingerprint density at radius 3 is 2.86 bits per heavy atom. The number of nitrogens with zero attached hydrogens (tertiary/aromatic N) is 1. The van der Waals surface area contributed by atoms with Crippen molar-refractivity contribution in [1.29, 1.82) is 5.26 Å². The standard InChI is InChI=1S/C14H9FN2O3S/c15-12-5-11-8-17-21(18,19)20-14(11)13(6-12)10-3-1-2-9(4-10)7-16/h1-6,17H,8H2. The van der Waals surface area contributed by atoms with Gasteiger partial charge in [0.2, 0.25) is 0 Å². The Bertz CT molecular complexity index is 872. The van der Waals surface area contributed by atoms with E-state index >= 15 is 0 Å². The average Bonchev–Trinajstić information content (AvgIpc) is 2.46. The number of rotatable bonds is 1. The Morgan fingerprint density at radius 2 is 2.10 bits per heavy atom. The highest BCUT2D eigenvalue weighted by Gasteiger charge is 2.26. The van der Waals surface area contributed by atoms with Crippen LogP contribution < -0.4 is 8.91 Å². The summed E-state index contributed by atoms with van der Waals surface area (Å²) in [5.41, 5.74) is 1.61. The Balaban J connectivity index is 2.23. The minimum atomic E-state index is -3.89. The lowest BCUT2D eigenvalue weighted by Gasteiger charge is -2.21. The smallest absolute Gasteiger partial charge is 0.370 e. The molecule has 2 aromatic rings. The van der Waals surface area contributed by atoms with Gasteiger partial charge in [-0.25, -0.2) is 4.39 Å². The van der Waals surface area contributed by atoms with Crippen LogP contribution in [-0.4, -0.2) is 8.42 Å². The molecule has 3 rings (SSSR count). The number of hydrogen-bond acceptors (Lipinski definition) is 4. The van der Waals surface area contributed by atoms with Gasteiger partial charge in [-0.05, 0) is 29.8 Å². The molecule has 0 saturated heterocycles. The minimum Gasteiger partial charge on any atom is -0.370 e. The maximum Gasteiger partial charge on any atom is 0.382 e. The lowest BCUT2D eigenvalue weighted by Crippen LogP contribution is -2.32. The molecule has 21 heavy (non-hydrogen) atoms. The second-order valence-electron chi connectivity index (χ2n) is 4.49. The lowest BCUT2D eigenvalue weighted by molar-refractivity contribution is 0.452. The van der Waals surface area contributed by atoms with Crippen LogP contribution in [0.15, 0.2) is 36.4 Å². The first-order chi connectivity index (χ1) is 9.98. The Labute approximate surface area is 120 Å². The third-order valence-corrected chi connectivity index (χ3v) is 3.95. The summed E-state index contributed by atoms with van der Waals surface area (Å²) in [5.74, 6) is -0.416. The summed E-state index contributed by atoms with van der Waals surface area (Å²) in [4.78, 5) is 0. The molecule has 1 N–H and O–H groups in total. The molecule has 0 aliphatic carbocycles. The quantitative estimate of drug-likeness (QED) is 0.875. The van der Waals surface area contributed by atoms with Gasteiger partial charge in [-0.2, -0.15) is 18.4 Å². The van der Waals surface area contributed by atoms with Crippen molar-refractivity contribution in [3.05, 3.63) is 53.3 Å².